The number of aliphatic hydroxyl groups is 2. The highest BCUT2D eigenvalue weighted by Gasteiger charge is 2.17. The Morgan fingerprint density at radius 3 is 1.61 bits per heavy atom. The molecule has 226 valence electrons. The number of carbonyl (C=O) groups is 1. The highest BCUT2D eigenvalue weighted by molar-refractivity contribution is 5.76. The molecule has 0 unspecified atom stereocenters. The lowest BCUT2D eigenvalue weighted by Crippen LogP contribution is -2.45. The van der Waals surface area contributed by atoms with Crippen LogP contribution in [-0.4, -0.2) is 34.9 Å². The highest BCUT2D eigenvalue weighted by atomic mass is 16.3. The minimum atomic E-state index is -0.831. The van der Waals surface area contributed by atoms with Crippen LogP contribution >= 0.6 is 0 Å². The van der Waals surface area contributed by atoms with Gasteiger partial charge in [-0.15, -0.1) is 0 Å². The van der Waals surface area contributed by atoms with E-state index in [0.717, 1.165) is 31.6 Å². The summed E-state index contributed by atoms with van der Waals surface area (Å²) >= 11 is 0. The van der Waals surface area contributed by atoms with Crippen LogP contribution in [0.25, 0.3) is 0 Å². The van der Waals surface area contributed by atoms with Gasteiger partial charge in [-0.3, -0.25) is 4.79 Å². The van der Waals surface area contributed by atoms with Crippen LogP contribution in [0.2, 0.25) is 0 Å². The maximum Gasteiger partial charge on any atom is 0.220 e. The zero-order valence-corrected chi connectivity index (χ0v) is 25.9. The molecule has 0 aromatic carbocycles. The van der Waals surface area contributed by atoms with Crippen molar-refractivity contribution in [2.24, 2.45) is 5.92 Å². The van der Waals surface area contributed by atoms with Crippen LogP contribution in [-0.2, 0) is 4.79 Å². The molecule has 2 atom stereocenters. The van der Waals surface area contributed by atoms with Crippen molar-refractivity contribution in [2.45, 2.75) is 187 Å². The van der Waals surface area contributed by atoms with Crippen molar-refractivity contribution in [1.29, 1.82) is 0 Å². The normalized spacial score (nSPS) is 13.4. The van der Waals surface area contributed by atoms with E-state index in [1.54, 1.807) is 6.08 Å². The average molecular weight is 538 g/mol. The monoisotopic (exact) mass is 538 g/mol. The van der Waals surface area contributed by atoms with E-state index in [-0.39, 0.29) is 12.5 Å². The van der Waals surface area contributed by atoms with Gasteiger partial charge in [-0.05, 0) is 25.2 Å². The molecular weight excluding hydrogens is 470 g/mol. The summed E-state index contributed by atoms with van der Waals surface area (Å²) in [4.78, 5) is 12.3. The number of hydrogen-bond acceptors (Lipinski definition) is 3. The van der Waals surface area contributed by atoms with Crippen LogP contribution in [0.4, 0.5) is 0 Å². The third kappa shape index (κ3) is 26.7. The van der Waals surface area contributed by atoms with E-state index in [9.17, 15) is 15.0 Å². The van der Waals surface area contributed by atoms with Gasteiger partial charge in [-0.25, -0.2) is 0 Å². The second-order valence-corrected chi connectivity index (χ2v) is 12.1. The summed E-state index contributed by atoms with van der Waals surface area (Å²) in [6, 6.07) is -0.614. The van der Waals surface area contributed by atoms with Crippen molar-refractivity contribution < 1.29 is 15.0 Å². The Bertz CT molecular complexity index is 520. The second-order valence-electron chi connectivity index (χ2n) is 12.1. The molecule has 0 radical (unpaired) electrons. The predicted octanol–water partition coefficient (Wildman–Crippen LogP) is 9.42. The topological polar surface area (TPSA) is 69.6 Å². The third-order valence-electron chi connectivity index (χ3n) is 7.70. The van der Waals surface area contributed by atoms with Gasteiger partial charge in [0.25, 0.3) is 0 Å². The first-order valence-electron chi connectivity index (χ1n) is 16.8. The smallest absolute Gasteiger partial charge is 0.220 e. The Morgan fingerprint density at radius 2 is 1.13 bits per heavy atom. The number of amides is 1. The molecule has 4 heteroatoms. The quantitative estimate of drug-likeness (QED) is 0.0657. The number of aliphatic hydroxyl groups excluding tert-OH is 2. The molecular formula is C34H67NO3. The lowest BCUT2D eigenvalue weighted by atomic mass is 10.0. The minimum Gasteiger partial charge on any atom is -0.394 e. The number of unbranched alkanes of at least 4 members (excludes halogenated alkanes) is 20. The first-order chi connectivity index (χ1) is 18.5. The Hall–Kier alpha value is -0.870. The third-order valence-corrected chi connectivity index (χ3v) is 7.70. The maximum atomic E-state index is 12.3. The molecule has 0 saturated carbocycles. The molecule has 0 rings (SSSR count). The van der Waals surface area contributed by atoms with Gasteiger partial charge in [0, 0.05) is 6.42 Å². The van der Waals surface area contributed by atoms with E-state index in [1.165, 1.54) is 122 Å². The molecule has 0 fully saturated rings. The first kappa shape index (κ1) is 37.1. The van der Waals surface area contributed by atoms with E-state index in [4.69, 9.17) is 0 Å². The summed E-state index contributed by atoms with van der Waals surface area (Å²) in [5.74, 6) is 0.769. The molecule has 0 aromatic rings. The summed E-state index contributed by atoms with van der Waals surface area (Å²) < 4.78 is 0. The largest absolute Gasteiger partial charge is 0.394 e. The molecule has 0 aliphatic rings. The second kappa shape index (κ2) is 29.1. The molecule has 0 heterocycles. The van der Waals surface area contributed by atoms with Gasteiger partial charge in [0.15, 0.2) is 0 Å². The van der Waals surface area contributed by atoms with Gasteiger partial charge in [0.1, 0.15) is 0 Å². The molecule has 0 aliphatic carbocycles. The SMILES string of the molecule is CCCCCCCCCCCCCC=C[C@@H](O)[C@H](CO)NC(=O)CCCCCCCCCCCCC(C)C. The molecule has 0 aliphatic heterocycles. The molecule has 0 spiro atoms. The van der Waals surface area contributed by atoms with E-state index >= 15 is 0 Å². The van der Waals surface area contributed by atoms with E-state index in [1.807, 2.05) is 6.08 Å². The first-order valence-corrected chi connectivity index (χ1v) is 16.8. The van der Waals surface area contributed by atoms with Crippen LogP contribution in [0.15, 0.2) is 12.2 Å². The molecule has 3 N–H and O–H groups in total. The van der Waals surface area contributed by atoms with Crippen molar-refractivity contribution in [3.05, 3.63) is 12.2 Å². The van der Waals surface area contributed by atoms with Crippen molar-refractivity contribution >= 4 is 5.91 Å². The molecule has 4 nitrogen and oxygen atoms in total. The zero-order valence-electron chi connectivity index (χ0n) is 25.9. The van der Waals surface area contributed by atoms with Gasteiger partial charge in [0.05, 0.1) is 18.8 Å². The van der Waals surface area contributed by atoms with E-state index in [0.29, 0.717) is 6.42 Å². The van der Waals surface area contributed by atoms with Gasteiger partial charge in [0.2, 0.25) is 5.91 Å². The molecule has 0 bridgehead atoms. The standard InChI is InChI=1S/C34H67NO3/c1-4-5-6-7-8-9-10-11-12-16-19-22-25-28-33(37)32(30-36)35-34(38)29-26-23-20-17-14-13-15-18-21-24-27-31(2)3/h25,28,31-33,36-37H,4-24,26-27,29-30H2,1-3H3,(H,35,38)/t32-,33+/m0/s1. The highest BCUT2D eigenvalue weighted by Crippen LogP contribution is 2.14. The Kier molecular flexibility index (Phi) is 28.5. The number of hydrogen-bond donors (Lipinski definition) is 3. The van der Waals surface area contributed by atoms with Crippen molar-refractivity contribution in [3.8, 4) is 0 Å². The van der Waals surface area contributed by atoms with Gasteiger partial charge < -0.3 is 15.5 Å². The summed E-state index contributed by atoms with van der Waals surface area (Å²) in [5, 5.41) is 22.8. The Morgan fingerprint density at radius 1 is 0.684 bits per heavy atom. The zero-order chi connectivity index (χ0) is 28.1. The van der Waals surface area contributed by atoms with Gasteiger partial charge >= 0.3 is 0 Å². The summed E-state index contributed by atoms with van der Waals surface area (Å²) in [6.07, 6.45) is 32.8. The number of carbonyl (C=O) groups excluding carboxylic acids is 1. The van der Waals surface area contributed by atoms with Gasteiger partial charge in [-0.1, -0.05) is 161 Å². The average Bonchev–Trinajstić information content (AvgIpc) is 2.90. The fourth-order valence-electron chi connectivity index (χ4n) is 5.07. The van der Waals surface area contributed by atoms with Crippen molar-refractivity contribution in [2.75, 3.05) is 6.61 Å². The number of nitrogens with one attached hydrogen (secondary N) is 1. The fraction of sp³-hybridized carbons (Fsp3) is 0.912. The van der Waals surface area contributed by atoms with Crippen LogP contribution < -0.4 is 5.32 Å². The fourth-order valence-corrected chi connectivity index (χ4v) is 5.07. The Balaban J connectivity index is 3.64. The minimum absolute atomic E-state index is 0.0664. The molecule has 38 heavy (non-hydrogen) atoms. The summed E-state index contributed by atoms with van der Waals surface area (Å²) in [5.41, 5.74) is 0. The molecule has 0 saturated heterocycles. The summed E-state index contributed by atoms with van der Waals surface area (Å²) in [6.45, 7) is 6.63. The van der Waals surface area contributed by atoms with Gasteiger partial charge in [-0.2, -0.15) is 0 Å². The van der Waals surface area contributed by atoms with Crippen molar-refractivity contribution in [3.63, 3.8) is 0 Å². The number of rotatable bonds is 29. The van der Waals surface area contributed by atoms with Crippen LogP contribution in [0, 0.1) is 5.92 Å². The van der Waals surface area contributed by atoms with Crippen LogP contribution in [0.5, 0.6) is 0 Å². The van der Waals surface area contributed by atoms with Crippen molar-refractivity contribution in [1.82, 2.24) is 5.32 Å². The van der Waals surface area contributed by atoms with Crippen LogP contribution in [0.1, 0.15) is 175 Å². The molecule has 0 aromatic heterocycles. The predicted molar refractivity (Wildman–Crippen MR) is 165 cm³/mol. The lowest BCUT2D eigenvalue weighted by Gasteiger charge is -2.20. The van der Waals surface area contributed by atoms with E-state index < -0.39 is 12.1 Å². The van der Waals surface area contributed by atoms with Crippen LogP contribution in [0.3, 0.4) is 0 Å². The van der Waals surface area contributed by atoms with E-state index in [2.05, 4.69) is 26.1 Å². The Labute approximate surface area is 237 Å². The lowest BCUT2D eigenvalue weighted by molar-refractivity contribution is -0.123. The summed E-state index contributed by atoms with van der Waals surface area (Å²) in [7, 11) is 0. The molecule has 1 amide bonds. The maximum absolute atomic E-state index is 12.3. The number of allylic oxidation sites excluding steroid dienone is 1.